The molecule has 1 fully saturated rings. The van der Waals surface area contributed by atoms with Crippen LogP contribution in [0.1, 0.15) is 53.2 Å². The SMILES string of the molecule is COc1ccc(C(=O)NC[C@@H](c2ccc(C)cc2)N2CCCCCC2)cc1. The fraction of sp³-hybridized carbons (Fsp3) is 0.435. The number of carbonyl (C=O) groups excluding carboxylic acids is 1. The van der Waals surface area contributed by atoms with E-state index >= 15 is 0 Å². The summed E-state index contributed by atoms with van der Waals surface area (Å²) in [6.45, 7) is 4.91. The lowest BCUT2D eigenvalue weighted by atomic mass is 10.0. The number of nitrogens with zero attached hydrogens (tertiary/aromatic N) is 1. The molecule has 0 saturated carbocycles. The fourth-order valence-electron chi connectivity index (χ4n) is 3.69. The van der Waals surface area contributed by atoms with Gasteiger partial charge in [-0.05, 0) is 62.7 Å². The van der Waals surface area contributed by atoms with Crippen LogP contribution in [0.4, 0.5) is 0 Å². The normalized spacial score (nSPS) is 16.4. The van der Waals surface area contributed by atoms with Gasteiger partial charge in [0.05, 0.1) is 13.2 Å². The van der Waals surface area contributed by atoms with E-state index in [1.807, 2.05) is 12.1 Å². The maximum atomic E-state index is 12.6. The Kier molecular flexibility index (Phi) is 6.88. The van der Waals surface area contributed by atoms with Gasteiger partial charge in [0.25, 0.3) is 5.91 Å². The second-order valence-corrected chi connectivity index (χ2v) is 7.32. The Balaban J connectivity index is 1.71. The summed E-state index contributed by atoms with van der Waals surface area (Å²) < 4.78 is 5.17. The predicted octanol–water partition coefficient (Wildman–Crippen LogP) is 4.35. The van der Waals surface area contributed by atoms with Crippen molar-refractivity contribution in [2.24, 2.45) is 0 Å². The zero-order chi connectivity index (χ0) is 19.1. The van der Waals surface area contributed by atoms with Gasteiger partial charge in [-0.15, -0.1) is 0 Å². The molecule has 0 spiro atoms. The molecule has 1 heterocycles. The van der Waals surface area contributed by atoms with Crippen molar-refractivity contribution in [2.75, 3.05) is 26.7 Å². The second kappa shape index (κ2) is 9.56. The van der Waals surface area contributed by atoms with E-state index in [-0.39, 0.29) is 11.9 Å². The molecular formula is C23H30N2O2. The molecule has 1 amide bonds. The molecular weight excluding hydrogens is 336 g/mol. The molecule has 4 nitrogen and oxygen atoms in total. The van der Waals surface area contributed by atoms with Gasteiger partial charge in [0.2, 0.25) is 0 Å². The minimum absolute atomic E-state index is 0.0374. The Bertz CT molecular complexity index is 717. The first-order valence-electron chi connectivity index (χ1n) is 9.90. The number of amides is 1. The smallest absolute Gasteiger partial charge is 0.251 e. The van der Waals surface area contributed by atoms with Crippen molar-refractivity contribution in [1.82, 2.24) is 10.2 Å². The van der Waals surface area contributed by atoms with Crippen molar-refractivity contribution < 1.29 is 9.53 Å². The Morgan fingerprint density at radius 1 is 1.00 bits per heavy atom. The van der Waals surface area contributed by atoms with E-state index in [1.165, 1.54) is 36.8 Å². The highest BCUT2D eigenvalue weighted by atomic mass is 16.5. The third-order valence-electron chi connectivity index (χ3n) is 5.35. The Morgan fingerprint density at radius 3 is 2.22 bits per heavy atom. The molecule has 2 aromatic carbocycles. The Hall–Kier alpha value is -2.33. The summed E-state index contributed by atoms with van der Waals surface area (Å²) in [6.07, 6.45) is 5.06. The molecule has 1 N–H and O–H groups in total. The van der Waals surface area contributed by atoms with Crippen LogP contribution in [0.25, 0.3) is 0 Å². The molecule has 4 heteroatoms. The monoisotopic (exact) mass is 366 g/mol. The lowest BCUT2D eigenvalue weighted by Gasteiger charge is -2.31. The zero-order valence-corrected chi connectivity index (χ0v) is 16.4. The summed E-state index contributed by atoms with van der Waals surface area (Å²) in [6, 6.07) is 16.2. The van der Waals surface area contributed by atoms with Gasteiger partial charge in [-0.25, -0.2) is 0 Å². The maximum absolute atomic E-state index is 12.6. The zero-order valence-electron chi connectivity index (χ0n) is 16.4. The molecule has 0 bridgehead atoms. The lowest BCUT2D eigenvalue weighted by Crippen LogP contribution is -2.38. The first kappa shape index (κ1) is 19.4. The quantitative estimate of drug-likeness (QED) is 0.826. The molecule has 1 saturated heterocycles. The van der Waals surface area contributed by atoms with Crippen LogP contribution in [0.3, 0.4) is 0 Å². The van der Waals surface area contributed by atoms with E-state index in [1.54, 1.807) is 19.2 Å². The van der Waals surface area contributed by atoms with Crippen LogP contribution in [-0.2, 0) is 0 Å². The molecule has 27 heavy (non-hydrogen) atoms. The number of ether oxygens (including phenoxy) is 1. The van der Waals surface area contributed by atoms with E-state index in [2.05, 4.69) is 41.4 Å². The van der Waals surface area contributed by atoms with Crippen molar-refractivity contribution in [2.45, 2.75) is 38.6 Å². The van der Waals surface area contributed by atoms with Crippen LogP contribution >= 0.6 is 0 Å². The molecule has 2 aromatic rings. The first-order chi connectivity index (χ1) is 13.2. The molecule has 0 aromatic heterocycles. The van der Waals surface area contributed by atoms with Crippen LogP contribution in [0.15, 0.2) is 48.5 Å². The number of nitrogens with one attached hydrogen (secondary N) is 1. The van der Waals surface area contributed by atoms with Gasteiger partial charge in [-0.2, -0.15) is 0 Å². The van der Waals surface area contributed by atoms with Crippen molar-refractivity contribution in [1.29, 1.82) is 0 Å². The number of aryl methyl sites for hydroxylation is 1. The van der Waals surface area contributed by atoms with Gasteiger partial charge >= 0.3 is 0 Å². The molecule has 1 aliphatic heterocycles. The number of likely N-dealkylation sites (tertiary alicyclic amines) is 1. The first-order valence-corrected chi connectivity index (χ1v) is 9.90. The van der Waals surface area contributed by atoms with E-state index in [0.29, 0.717) is 12.1 Å². The summed E-state index contributed by atoms with van der Waals surface area (Å²) in [4.78, 5) is 15.1. The second-order valence-electron chi connectivity index (χ2n) is 7.32. The van der Waals surface area contributed by atoms with Crippen LogP contribution in [0.5, 0.6) is 5.75 Å². The lowest BCUT2D eigenvalue weighted by molar-refractivity contribution is 0.0933. The maximum Gasteiger partial charge on any atom is 0.251 e. The summed E-state index contributed by atoms with van der Waals surface area (Å²) in [5.74, 6) is 0.721. The third-order valence-corrected chi connectivity index (χ3v) is 5.35. The topological polar surface area (TPSA) is 41.6 Å². The van der Waals surface area contributed by atoms with Gasteiger partial charge < -0.3 is 10.1 Å². The highest BCUT2D eigenvalue weighted by Gasteiger charge is 2.22. The molecule has 0 aliphatic carbocycles. The van der Waals surface area contributed by atoms with Gasteiger partial charge in [0, 0.05) is 12.1 Å². The third kappa shape index (κ3) is 5.33. The van der Waals surface area contributed by atoms with Crippen LogP contribution in [-0.4, -0.2) is 37.6 Å². The molecule has 1 aliphatic rings. The summed E-state index contributed by atoms with van der Waals surface area (Å²) in [5, 5.41) is 3.15. The van der Waals surface area contributed by atoms with E-state index in [9.17, 15) is 4.79 Å². The van der Waals surface area contributed by atoms with Crippen molar-refractivity contribution >= 4 is 5.91 Å². The average Bonchev–Trinajstić information content (AvgIpc) is 2.99. The highest BCUT2D eigenvalue weighted by Crippen LogP contribution is 2.24. The average molecular weight is 367 g/mol. The minimum Gasteiger partial charge on any atom is -0.497 e. The van der Waals surface area contributed by atoms with Crippen LogP contribution in [0.2, 0.25) is 0 Å². The number of rotatable bonds is 6. The molecule has 1 atom stereocenters. The van der Waals surface area contributed by atoms with Gasteiger partial charge in [0.15, 0.2) is 0 Å². The Labute approximate surface area is 162 Å². The van der Waals surface area contributed by atoms with Gasteiger partial charge in [-0.3, -0.25) is 9.69 Å². The number of benzene rings is 2. The molecule has 0 unspecified atom stereocenters. The number of hydrogen-bond donors (Lipinski definition) is 1. The van der Waals surface area contributed by atoms with E-state index < -0.39 is 0 Å². The largest absolute Gasteiger partial charge is 0.497 e. The number of methoxy groups -OCH3 is 1. The summed E-state index contributed by atoms with van der Waals surface area (Å²) in [5.41, 5.74) is 3.20. The highest BCUT2D eigenvalue weighted by molar-refractivity contribution is 5.94. The molecule has 144 valence electrons. The van der Waals surface area contributed by atoms with E-state index in [4.69, 9.17) is 4.74 Å². The molecule has 0 radical (unpaired) electrons. The van der Waals surface area contributed by atoms with Gasteiger partial charge in [0.1, 0.15) is 5.75 Å². The minimum atomic E-state index is -0.0374. The molecule has 3 rings (SSSR count). The van der Waals surface area contributed by atoms with Crippen molar-refractivity contribution in [3.05, 3.63) is 65.2 Å². The van der Waals surface area contributed by atoms with Gasteiger partial charge in [-0.1, -0.05) is 42.7 Å². The fourth-order valence-corrected chi connectivity index (χ4v) is 3.69. The standard InChI is InChI=1S/C23H30N2O2/c1-18-7-9-19(10-8-18)22(25-15-5-3-4-6-16-25)17-24-23(26)20-11-13-21(27-2)14-12-20/h7-14,22H,3-6,15-17H2,1-2H3,(H,24,26)/t22-/m0/s1. The van der Waals surface area contributed by atoms with Crippen molar-refractivity contribution in [3.63, 3.8) is 0 Å². The van der Waals surface area contributed by atoms with Crippen LogP contribution < -0.4 is 10.1 Å². The van der Waals surface area contributed by atoms with Crippen molar-refractivity contribution in [3.8, 4) is 5.75 Å². The summed E-state index contributed by atoms with van der Waals surface area (Å²) >= 11 is 0. The predicted molar refractivity (Wildman–Crippen MR) is 109 cm³/mol. The van der Waals surface area contributed by atoms with Crippen LogP contribution in [0, 0.1) is 6.92 Å². The Morgan fingerprint density at radius 2 is 1.63 bits per heavy atom. The number of hydrogen-bond acceptors (Lipinski definition) is 3. The summed E-state index contributed by atoms with van der Waals surface area (Å²) in [7, 11) is 1.63. The van der Waals surface area contributed by atoms with E-state index in [0.717, 1.165) is 18.8 Å². The number of carbonyl (C=O) groups is 1.